The van der Waals surface area contributed by atoms with E-state index in [0.29, 0.717) is 29.5 Å². The Morgan fingerprint density at radius 3 is 2.65 bits per heavy atom. The van der Waals surface area contributed by atoms with E-state index in [0.717, 1.165) is 25.9 Å². The minimum Gasteiger partial charge on any atom is -0.352 e. The van der Waals surface area contributed by atoms with Crippen molar-refractivity contribution in [2.45, 2.75) is 25.8 Å². The lowest BCUT2D eigenvalue weighted by Crippen LogP contribution is -2.32. The molecule has 1 aliphatic heterocycles. The Morgan fingerprint density at radius 1 is 1.23 bits per heavy atom. The van der Waals surface area contributed by atoms with Gasteiger partial charge in [-0.3, -0.25) is 14.3 Å². The van der Waals surface area contributed by atoms with Crippen molar-refractivity contribution in [3.63, 3.8) is 0 Å². The van der Waals surface area contributed by atoms with Gasteiger partial charge in [-0.05, 0) is 56.6 Å². The quantitative estimate of drug-likeness (QED) is 0.745. The molecule has 0 bridgehead atoms. The van der Waals surface area contributed by atoms with Crippen molar-refractivity contribution in [3.8, 4) is 0 Å². The molecule has 0 saturated carbocycles. The third-order valence-electron chi connectivity index (χ3n) is 4.23. The molecule has 140 valence electrons. The lowest BCUT2D eigenvalue weighted by atomic mass is 10.1. The molecule has 26 heavy (non-hydrogen) atoms. The molecule has 7 nitrogen and oxygen atoms in total. The van der Waals surface area contributed by atoms with E-state index < -0.39 is 0 Å². The van der Waals surface area contributed by atoms with E-state index in [1.165, 1.54) is 0 Å². The van der Waals surface area contributed by atoms with Crippen LogP contribution in [0.15, 0.2) is 36.5 Å². The number of anilines is 1. The molecule has 2 heterocycles. The summed E-state index contributed by atoms with van der Waals surface area (Å²) < 4.78 is 1.86. The molecule has 0 aliphatic carbocycles. The Morgan fingerprint density at radius 2 is 2.00 bits per heavy atom. The molecule has 3 N–H and O–H groups in total. The maximum atomic E-state index is 12.3. The Bertz CT molecular complexity index is 738. The summed E-state index contributed by atoms with van der Waals surface area (Å²) in [5.74, 6) is -0.381. The number of nitrogens with zero attached hydrogens (tertiary/aromatic N) is 2. The second-order valence-corrected chi connectivity index (χ2v) is 6.07. The molecule has 1 aromatic carbocycles. The van der Waals surface area contributed by atoms with Gasteiger partial charge in [-0.15, -0.1) is 12.4 Å². The highest BCUT2D eigenvalue weighted by atomic mass is 35.5. The normalized spacial score (nSPS) is 16.4. The first kappa shape index (κ1) is 19.9. The summed E-state index contributed by atoms with van der Waals surface area (Å²) in [5, 5.41) is 13.3. The molecule has 3 rings (SSSR count). The molecular formula is C18H24ClN5O2. The summed E-state index contributed by atoms with van der Waals surface area (Å²) in [6.07, 6.45) is 4.03. The molecule has 1 fully saturated rings. The number of hydrogen-bond acceptors (Lipinski definition) is 4. The molecule has 2 aromatic rings. The van der Waals surface area contributed by atoms with Crippen molar-refractivity contribution in [2.75, 3.05) is 25.0 Å². The first-order valence-corrected chi connectivity index (χ1v) is 8.63. The number of benzene rings is 1. The highest BCUT2D eigenvalue weighted by molar-refractivity contribution is 6.03. The molecule has 1 aromatic heterocycles. The van der Waals surface area contributed by atoms with Crippen LogP contribution in [0.5, 0.6) is 0 Å². The number of hydrogen-bond donors (Lipinski definition) is 3. The van der Waals surface area contributed by atoms with E-state index in [-0.39, 0.29) is 24.2 Å². The largest absolute Gasteiger partial charge is 0.352 e. The predicted octanol–water partition coefficient (Wildman–Crippen LogP) is 2.23. The maximum absolute atomic E-state index is 12.3. The first-order chi connectivity index (χ1) is 12.2. The topological polar surface area (TPSA) is 88.0 Å². The molecule has 8 heteroatoms. The minimum absolute atomic E-state index is 0. The van der Waals surface area contributed by atoms with Crippen LogP contribution in [-0.2, 0) is 0 Å². The van der Waals surface area contributed by atoms with E-state index in [4.69, 9.17) is 0 Å². The predicted molar refractivity (Wildman–Crippen MR) is 103 cm³/mol. The third kappa shape index (κ3) is 4.83. The summed E-state index contributed by atoms with van der Waals surface area (Å²) in [6.45, 7) is 4.37. The van der Waals surface area contributed by atoms with Crippen LogP contribution in [0.4, 0.5) is 5.69 Å². The van der Waals surface area contributed by atoms with Crippen molar-refractivity contribution < 1.29 is 9.59 Å². The molecule has 1 saturated heterocycles. The number of piperidine rings is 1. The maximum Gasteiger partial charge on any atom is 0.276 e. The van der Waals surface area contributed by atoms with Crippen molar-refractivity contribution in [1.82, 2.24) is 20.4 Å². The molecule has 0 spiro atoms. The van der Waals surface area contributed by atoms with E-state index in [1.54, 1.807) is 30.3 Å². The number of halogens is 1. The van der Waals surface area contributed by atoms with Crippen LogP contribution in [0.3, 0.4) is 0 Å². The molecule has 1 aliphatic rings. The van der Waals surface area contributed by atoms with Gasteiger partial charge in [-0.25, -0.2) is 0 Å². The van der Waals surface area contributed by atoms with Gasteiger partial charge in [0.05, 0.1) is 6.04 Å². The van der Waals surface area contributed by atoms with E-state index >= 15 is 0 Å². The number of aromatic nitrogens is 2. The van der Waals surface area contributed by atoms with Crippen molar-refractivity contribution in [3.05, 3.63) is 47.8 Å². The summed E-state index contributed by atoms with van der Waals surface area (Å²) in [7, 11) is 0. The average Bonchev–Trinajstić information content (AvgIpc) is 3.13. The fourth-order valence-corrected chi connectivity index (χ4v) is 2.88. The summed E-state index contributed by atoms with van der Waals surface area (Å²) in [6, 6.07) is 8.83. The van der Waals surface area contributed by atoms with E-state index in [1.807, 2.05) is 17.8 Å². The van der Waals surface area contributed by atoms with Gasteiger partial charge in [-0.2, -0.15) is 5.10 Å². The van der Waals surface area contributed by atoms with Crippen molar-refractivity contribution >= 4 is 29.9 Å². The van der Waals surface area contributed by atoms with Crippen LogP contribution < -0.4 is 16.0 Å². The zero-order valence-electron chi connectivity index (χ0n) is 14.7. The Labute approximate surface area is 159 Å². The highest BCUT2D eigenvalue weighted by Gasteiger charge is 2.17. The van der Waals surface area contributed by atoms with Gasteiger partial charge in [0.2, 0.25) is 0 Å². The van der Waals surface area contributed by atoms with Crippen LogP contribution in [0.25, 0.3) is 0 Å². The molecule has 2 amide bonds. The summed E-state index contributed by atoms with van der Waals surface area (Å²) >= 11 is 0. The first-order valence-electron chi connectivity index (χ1n) is 8.63. The van der Waals surface area contributed by atoms with Crippen LogP contribution in [0, 0.1) is 0 Å². The minimum atomic E-state index is -0.256. The molecular weight excluding hydrogens is 354 g/mol. The van der Waals surface area contributed by atoms with Gasteiger partial charge in [0.1, 0.15) is 0 Å². The number of carbonyl (C=O) groups is 2. The average molecular weight is 378 g/mol. The number of nitrogens with one attached hydrogen (secondary N) is 3. The smallest absolute Gasteiger partial charge is 0.276 e. The highest BCUT2D eigenvalue weighted by Crippen LogP contribution is 2.16. The fraction of sp³-hybridized carbons (Fsp3) is 0.389. The Balaban J connectivity index is 0.00000243. The van der Waals surface area contributed by atoms with Gasteiger partial charge in [0.25, 0.3) is 11.8 Å². The zero-order valence-corrected chi connectivity index (χ0v) is 15.5. The van der Waals surface area contributed by atoms with Gasteiger partial charge in [0.15, 0.2) is 5.69 Å². The summed E-state index contributed by atoms with van der Waals surface area (Å²) in [5.41, 5.74) is 1.58. The van der Waals surface area contributed by atoms with Crippen LogP contribution in [0.1, 0.15) is 46.7 Å². The van der Waals surface area contributed by atoms with Crippen molar-refractivity contribution in [2.24, 2.45) is 0 Å². The molecule has 1 atom stereocenters. The van der Waals surface area contributed by atoms with Gasteiger partial charge in [-0.1, -0.05) is 0 Å². The standard InChI is InChI=1S/C18H23N5O2.ClH/c1-2-20-17(24)13-5-7-14(8-6-13)21-18(25)16-9-11-23(22-16)15-4-3-10-19-12-15;/h5-9,11,15,19H,2-4,10,12H2,1H3,(H,20,24)(H,21,25);1H. The van der Waals surface area contributed by atoms with Gasteiger partial charge in [0, 0.05) is 30.5 Å². The second kappa shape index (κ2) is 9.35. The molecule has 1 unspecified atom stereocenters. The van der Waals surface area contributed by atoms with E-state index in [2.05, 4.69) is 21.0 Å². The number of carbonyl (C=O) groups excluding carboxylic acids is 2. The SMILES string of the molecule is CCNC(=O)c1ccc(NC(=O)c2ccn(C3CCCNC3)n2)cc1.Cl. The Kier molecular flexibility index (Phi) is 7.17. The summed E-state index contributed by atoms with van der Waals surface area (Å²) in [4.78, 5) is 24.1. The number of amides is 2. The monoisotopic (exact) mass is 377 g/mol. The van der Waals surface area contributed by atoms with Gasteiger partial charge >= 0.3 is 0 Å². The van der Waals surface area contributed by atoms with Crippen LogP contribution in [-0.4, -0.2) is 41.2 Å². The van der Waals surface area contributed by atoms with Crippen LogP contribution in [0.2, 0.25) is 0 Å². The molecule has 0 radical (unpaired) electrons. The van der Waals surface area contributed by atoms with Gasteiger partial charge < -0.3 is 16.0 Å². The number of rotatable bonds is 5. The van der Waals surface area contributed by atoms with E-state index in [9.17, 15) is 9.59 Å². The Hall–Kier alpha value is -2.38. The lowest BCUT2D eigenvalue weighted by Gasteiger charge is -2.22. The van der Waals surface area contributed by atoms with Crippen LogP contribution >= 0.6 is 12.4 Å². The third-order valence-corrected chi connectivity index (χ3v) is 4.23. The second-order valence-electron chi connectivity index (χ2n) is 6.07. The zero-order chi connectivity index (χ0) is 17.6. The van der Waals surface area contributed by atoms with Crippen molar-refractivity contribution in [1.29, 1.82) is 0 Å². The lowest BCUT2D eigenvalue weighted by molar-refractivity contribution is 0.0955. The fourth-order valence-electron chi connectivity index (χ4n) is 2.88.